The fourth-order valence-corrected chi connectivity index (χ4v) is 1.29. The largest absolute Gasteiger partial charge is 0.394 e. The molecule has 1 amide bonds. The van der Waals surface area contributed by atoms with Crippen molar-refractivity contribution in [2.24, 2.45) is 11.7 Å². The van der Waals surface area contributed by atoms with Gasteiger partial charge in [0.2, 0.25) is 5.91 Å². The highest BCUT2D eigenvalue weighted by atomic mass is 16.3. The summed E-state index contributed by atoms with van der Waals surface area (Å²) in [5, 5.41) is 11.8. The van der Waals surface area contributed by atoms with Crippen LogP contribution in [0.25, 0.3) is 0 Å². The van der Waals surface area contributed by atoms with Crippen LogP contribution in [0.3, 0.4) is 0 Å². The summed E-state index contributed by atoms with van der Waals surface area (Å²) in [7, 11) is 0. The second kappa shape index (κ2) is 6.80. The Kier molecular flexibility index (Phi) is 6.52. The number of aliphatic hydroxyl groups is 1. The summed E-state index contributed by atoms with van der Waals surface area (Å²) in [5.74, 6) is 0.482. The molecule has 0 bridgehead atoms. The lowest BCUT2D eigenvalue weighted by molar-refractivity contribution is -0.123. The van der Waals surface area contributed by atoms with E-state index in [1.54, 1.807) is 13.8 Å². The smallest absolute Gasteiger partial charge is 0.220 e. The number of nitrogens with two attached hydrogens (primary N) is 1. The van der Waals surface area contributed by atoms with Crippen molar-refractivity contribution < 1.29 is 9.90 Å². The van der Waals surface area contributed by atoms with Gasteiger partial charge in [-0.3, -0.25) is 4.79 Å². The average molecular weight is 216 g/mol. The third-order valence-electron chi connectivity index (χ3n) is 2.40. The number of hydrogen-bond donors (Lipinski definition) is 3. The number of carbonyl (C=O) groups excluding carboxylic acids is 1. The maximum Gasteiger partial charge on any atom is 0.220 e. The van der Waals surface area contributed by atoms with Gasteiger partial charge in [-0.05, 0) is 39.2 Å². The molecule has 4 heteroatoms. The summed E-state index contributed by atoms with van der Waals surface area (Å²) < 4.78 is 0. The molecule has 0 aromatic rings. The second-order valence-electron chi connectivity index (χ2n) is 4.81. The van der Waals surface area contributed by atoms with Crippen LogP contribution in [0.4, 0.5) is 0 Å². The van der Waals surface area contributed by atoms with E-state index >= 15 is 0 Å². The number of rotatable bonds is 7. The molecule has 0 fully saturated rings. The molecular weight excluding hydrogens is 192 g/mol. The van der Waals surface area contributed by atoms with Crippen molar-refractivity contribution in [2.45, 2.75) is 45.6 Å². The SMILES string of the molecule is CC(CCN)CCC(=O)NC(C)(C)CO. The Morgan fingerprint density at radius 2 is 2.07 bits per heavy atom. The van der Waals surface area contributed by atoms with Gasteiger partial charge in [0, 0.05) is 6.42 Å². The van der Waals surface area contributed by atoms with Gasteiger partial charge in [-0.2, -0.15) is 0 Å². The number of aliphatic hydroxyl groups excluding tert-OH is 1. The third kappa shape index (κ3) is 7.33. The van der Waals surface area contributed by atoms with Crippen LogP contribution in [0.5, 0.6) is 0 Å². The molecule has 1 unspecified atom stereocenters. The van der Waals surface area contributed by atoms with Crippen molar-refractivity contribution >= 4 is 5.91 Å². The van der Waals surface area contributed by atoms with Crippen LogP contribution in [-0.4, -0.2) is 29.7 Å². The molecule has 0 aliphatic heterocycles. The van der Waals surface area contributed by atoms with Gasteiger partial charge in [0.1, 0.15) is 0 Å². The van der Waals surface area contributed by atoms with Gasteiger partial charge in [-0.1, -0.05) is 6.92 Å². The molecule has 0 saturated carbocycles. The minimum absolute atomic E-state index is 0.00192. The molecule has 0 aliphatic rings. The predicted octanol–water partition coefficient (Wildman–Crippen LogP) is 0.639. The number of carbonyl (C=O) groups is 1. The summed E-state index contributed by atoms with van der Waals surface area (Å²) >= 11 is 0. The molecule has 0 aromatic carbocycles. The topological polar surface area (TPSA) is 75.4 Å². The minimum atomic E-state index is -0.520. The third-order valence-corrected chi connectivity index (χ3v) is 2.40. The van der Waals surface area contributed by atoms with E-state index in [1.807, 2.05) is 0 Å². The zero-order valence-corrected chi connectivity index (χ0v) is 10.0. The lowest BCUT2D eigenvalue weighted by atomic mass is 10.0. The van der Waals surface area contributed by atoms with E-state index in [2.05, 4.69) is 12.2 Å². The molecule has 15 heavy (non-hydrogen) atoms. The lowest BCUT2D eigenvalue weighted by Crippen LogP contribution is -2.46. The maximum absolute atomic E-state index is 11.5. The van der Waals surface area contributed by atoms with Gasteiger partial charge in [-0.15, -0.1) is 0 Å². The van der Waals surface area contributed by atoms with E-state index in [0.717, 1.165) is 12.8 Å². The Morgan fingerprint density at radius 3 is 2.53 bits per heavy atom. The van der Waals surface area contributed by atoms with Crippen molar-refractivity contribution in [1.82, 2.24) is 5.32 Å². The Labute approximate surface area is 92.2 Å². The standard InChI is InChI=1S/C11H24N2O2/c1-9(6-7-12)4-5-10(15)13-11(2,3)8-14/h9,14H,4-8,12H2,1-3H3,(H,13,15). The van der Waals surface area contributed by atoms with Gasteiger partial charge in [0.05, 0.1) is 12.1 Å². The molecule has 4 nitrogen and oxygen atoms in total. The van der Waals surface area contributed by atoms with Gasteiger partial charge in [0.15, 0.2) is 0 Å². The summed E-state index contributed by atoms with van der Waals surface area (Å²) in [4.78, 5) is 11.5. The van der Waals surface area contributed by atoms with Gasteiger partial charge < -0.3 is 16.2 Å². The quantitative estimate of drug-likeness (QED) is 0.584. The van der Waals surface area contributed by atoms with Crippen LogP contribution in [0, 0.1) is 5.92 Å². The second-order valence-corrected chi connectivity index (χ2v) is 4.81. The van der Waals surface area contributed by atoms with Crippen LogP contribution in [0.1, 0.15) is 40.0 Å². The first-order valence-electron chi connectivity index (χ1n) is 5.53. The number of nitrogens with one attached hydrogen (secondary N) is 1. The Hall–Kier alpha value is -0.610. The summed E-state index contributed by atoms with van der Waals surface area (Å²) in [6.07, 6.45) is 2.31. The Morgan fingerprint density at radius 1 is 1.47 bits per heavy atom. The van der Waals surface area contributed by atoms with Crippen LogP contribution < -0.4 is 11.1 Å². The first-order chi connectivity index (χ1) is 6.91. The zero-order valence-electron chi connectivity index (χ0n) is 10.0. The van der Waals surface area contributed by atoms with Crippen molar-refractivity contribution in [3.63, 3.8) is 0 Å². The highest BCUT2D eigenvalue weighted by Gasteiger charge is 2.18. The molecule has 0 aliphatic carbocycles. The van der Waals surface area contributed by atoms with Gasteiger partial charge in [-0.25, -0.2) is 0 Å². The minimum Gasteiger partial charge on any atom is -0.394 e. The van der Waals surface area contributed by atoms with Crippen molar-refractivity contribution in [3.05, 3.63) is 0 Å². The van der Waals surface area contributed by atoms with Gasteiger partial charge >= 0.3 is 0 Å². The van der Waals surface area contributed by atoms with E-state index in [1.165, 1.54) is 0 Å². The first kappa shape index (κ1) is 14.4. The molecule has 0 saturated heterocycles. The number of amides is 1. The average Bonchev–Trinajstić information content (AvgIpc) is 2.15. The maximum atomic E-state index is 11.5. The van der Waals surface area contributed by atoms with Crippen LogP contribution in [0.2, 0.25) is 0 Å². The summed E-state index contributed by atoms with van der Waals surface area (Å²) in [6, 6.07) is 0. The predicted molar refractivity (Wildman–Crippen MR) is 61.4 cm³/mol. The van der Waals surface area contributed by atoms with Crippen LogP contribution >= 0.6 is 0 Å². The van der Waals surface area contributed by atoms with Gasteiger partial charge in [0.25, 0.3) is 0 Å². The molecule has 90 valence electrons. The molecule has 0 radical (unpaired) electrons. The molecular formula is C11H24N2O2. The monoisotopic (exact) mass is 216 g/mol. The Bertz CT molecular complexity index is 193. The highest BCUT2D eigenvalue weighted by Crippen LogP contribution is 2.10. The highest BCUT2D eigenvalue weighted by molar-refractivity contribution is 5.76. The molecule has 0 rings (SSSR count). The van der Waals surface area contributed by atoms with Crippen molar-refractivity contribution in [3.8, 4) is 0 Å². The molecule has 1 atom stereocenters. The molecule has 0 spiro atoms. The van der Waals surface area contributed by atoms with Crippen LogP contribution in [-0.2, 0) is 4.79 Å². The first-order valence-corrected chi connectivity index (χ1v) is 5.53. The molecule has 0 aromatic heterocycles. The lowest BCUT2D eigenvalue weighted by Gasteiger charge is -2.23. The van der Waals surface area contributed by atoms with E-state index in [0.29, 0.717) is 18.9 Å². The Balaban J connectivity index is 3.75. The van der Waals surface area contributed by atoms with E-state index in [-0.39, 0.29) is 12.5 Å². The fourth-order valence-electron chi connectivity index (χ4n) is 1.29. The van der Waals surface area contributed by atoms with E-state index < -0.39 is 5.54 Å². The normalized spacial score (nSPS) is 13.7. The summed E-state index contributed by atoms with van der Waals surface area (Å²) in [5.41, 5.74) is 4.91. The van der Waals surface area contributed by atoms with E-state index in [9.17, 15) is 4.79 Å². The van der Waals surface area contributed by atoms with E-state index in [4.69, 9.17) is 10.8 Å². The van der Waals surface area contributed by atoms with Crippen LogP contribution in [0.15, 0.2) is 0 Å². The fraction of sp³-hybridized carbons (Fsp3) is 0.909. The molecule has 4 N–H and O–H groups in total. The van der Waals surface area contributed by atoms with Crippen molar-refractivity contribution in [2.75, 3.05) is 13.2 Å². The zero-order chi connectivity index (χ0) is 11.9. The molecule has 0 heterocycles. The summed E-state index contributed by atoms with van der Waals surface area (Å²) in [6.45, 7) is 6.32. The number of hydrogen-bond acceptors (Lipinski definition) is 3. The van der Waals surface area contributed by atoms with Crippen molar-refractivity contribution in [1.29, 1.82) is 0 Å².